The Morgan fingerprint density at radius 3 is 2.71 bits per heavy atom. The van der Waals surface area contributed by atoms with E-state index in [1.54, 1.807) is 0 Å². The molecule has 1 saturated heterocycles. The Morgan fingerprint density at radius 2 is 2.07 bits per heavy atom. The van der Waals surface area contributed by atoms with Crippen LogP contribution < -0.4 is 5.32 Å². The molecule has 0 spiro atoms. The molecule has 1 rings (SSSR count). The van der Waals surface area contributed by atoms with Crippen LogP contribution in [0.15, 0.2) is 0 Å². The largest absolute Gasteiger partial charge is 0.389 e. The van der Waals surface area contributed by atoms with Gasteiger partial charge in [-0.15, -0.1) is 0 Å². The summed E-state index contributed by atoms with van der Waals surface area (Å²) in [6.07, 6.45) is 3.80. The first-order valence-electron chi connectivity index (χ1n) is 5.56. The second-order valence-corrected chi connectivity index (χ2v) is 6.01. The predicted molar refractivity (Wildman–Crippen MR) is 63.9 cm³/mol. The van der Waals surface area contributed by atoms with Crippen molar-refractivity contribution in [3.8, 4) is 0 Å². The standard InChI is InChI=1S/C11H23NOS/c1-9(11(2,3)13)12-10-5-4-7-14-8-6-10/h9-10,12-13H,4-8H2,1-3H3. The Bertz CT molecular complexity index is 159. The number of hydrogen-bond donors (Lipinski definition) is 2. The quantitative estimate of drug-likeness (QED) is 0.758. The molecular weight excluding hydrogens is 194 g/mol. The summed E-state index contributed by atoms with van der Waals surface area (Å²) in [6, 6.07) is 0.780. The van der Waals surface area contributed by atoms with E-state index in [9.17, 15) is 5.11 Å². The van der Waals surface area contributed by atoms with Crippen LogP contribution in [0.2, 0.25) is 0 Å². The highest BCUT2D eigenvalue weighted by atomic mass is 32.2. The van der Waals surface area contributed by atoms with Gasteiger partial charge in [-0.1, -0.05) is 0 Å². The van der Waals surface area contributed by atoms with Crippen LogP contribution in [0.5, 0.6) is 0 Å². The van der Waals surface area contributed by atoms with Gasteiger partial charge in [-0.25, -0.2) is 0 Å². The minimum absolute atomic E-state index is 0.176. The van der Waals surface area contributed by atoms with Crippen molar-refractivity contribution < 1.29 is 5.11 Å². The van der Waals surface area contributed by atoms with Gasteiger partial charge in [-0.05, 0) is 51.5 Å². The normalized spacial score (nSPS) is 27.0. The van der Waals surface area contributed by atoms with Gasteiger partial charge in [0.15, 0.2) is 0 Å². The molecule has 2 N–H and O–H groups in total. The molecule has 14 heavy (non-hydrogen) atoms. The molecule has 0 aliphatic carbocycles. The molecule has 84 valence electrons. The second kappa shape index (κ2) is 5.38. The number of hydrogen-bond acceptors (Lipinski definition) is 3. The third kappa shape index (κ3) is 4.20. The van der Waals surface area contributed by atoms with Gasteiger partial charge in [0, 0.05) is 12.1 Å². The number of rotatable bonds is 3. The molecule has 2 nitrogen and oxygen atoms in total. The summed E-state index contributed by atoms with van der Waals surface area (Å²) in [5.74, 6) is 2.56. The summed E-state index contributed by atoms with van der Waals surface area (Å²) in [6.45, 7) is 5.81. The summed E-state index contributed by atoms with van der Waals surface area (Å²) >= 11 is 2.05. The number of aliphatic hydroxyl groups is 1. The van der Waals surface area contributed by atoms with Gasteiger partial charge >= 0.3 is 0 Å². The van der Waals surface area contributed by atoms with E-state index in [1.807, 2.05) is 13.8 Å². The lowest BCUT2D eigenvalue weighted by Gasteiger charge is -2.30. The SMILES string of the molecule is CC(NC1CCCSCC1)C(C)(C)O. The molecular formula is C11H23NOS. The van der Waals surface area contributed by atoms with Crippen LogP contribution in [-0.2, 0) is 0 Å². The van der Waals surface area contributed by atoms with Crippen molar-refractivity contribution in [2.75, 3.05) is 11.5 Å². The summed E-state index contributed by atoms with van der Waals surface area (Å²) in [5.41, 5.74) is -0.612. The second-order valence-electron chi connectivity index (χ2n) is 4.78. The van der Waals surface area contributed by atoms with Gasteiger partial charge in [0.1, 0.15) is 0 Å². The molecule has 2 unspecified atom stereocenters. The fraction of sp³-hybridized carbons (Fsp3) is 1.00. The van der Waals surface area contributed by atoms with Gasteiger partial charge in [0.25, 0.3) is 0 Å². The van der Waals surface area contributed by atoms with Crippen LogP contribution in [0.1, 0.15) is 40.0 Å². The van der Waals surface area contributed by atoms with Crippen LogP contribution in [-0.4, -0.2) is 34.3 Å². The molecule has 1 fully saturated rings. The fourth-order valence-electron chi connectivity index (χ4n) is 1.63. The minimum Gasteiger partial charge on any atom is -0.389 e. The van der Waals surface area contributed by atoms with Crippen LogP contribution >= 0.6 is 11.8 Å². The summed E-state index contributed by atoms with van der Waals surface area (Å²) in [7, 11) is 0. The average Bonchev–Trinajstić information content (AvgIpc) is 2.31. The van der Waals surface area contributed by atoms with E-state index in [-0.39, 0.29) is 6.04 Å². The zero-order chi connectivity index (χ0) is 10.6. The summed E-state index contributed by atoms with van der Waals surface area (Å²) < 4.78 is 0. The van der Waals surface area contributed by atoms with E-state index in [2.05, 4.69) is 24.0 Å². The molecule has 1 aliphatic heterocycles. The molecule has 0 bridgehead atoms. The van der Waals surface area contributed by atoms with Crippen molar-refractivity contribution in [1.82, 2.24) is 5.32 Å². The Balaban J connectivity index is 2.34. The van der Waals surface area contributed by atoms with E-state index in [0.717, 1.165) is 0 Å². The van der Waals surface area contributed by atoms with Gasteiger partial charge in [0.05, 0.1) is 5.60 Å². The van der Waals surface area contributed by atoms with Crippen LogP contribution in [0.4, 0.5) is 0 Å². The van der Waals surface area contributed by atoms with E-state index in [4.69, 9.17) is 0 Å². The highest BCUT2D eigenvalue weighted by Crippen LogP contribution is 2.18. The monoisotopic (exact) mass is 217 g/mol. The van der Waals surface area contributed by atoms with Crippen LogP contribution in [0, 0.1) is 0 Å². The third-order valence-electron chi connectivity index (χ3n) is 3.00. The predicted octanol–water partition coefficient (Wildman–Crippen LogP) is 2.02. The maximum absolute atomic E-state index is 9.82. The van der Waals surface area contributed by atoms with E-state index < -0.39 is 5.60 Å². The highest BCUT2D eigenvalue weighted by molar-refractivity contribution is 7.99. The summed E-state index contributed by atoms with van der Waals surface area (Å²) in [5, 5.41) is 13.4. The number of thioether (sulfide) groups is 1. The van der Waals surface area contributed by atoms with Crippen molar-refractivity contribution in [2.45, 2.75) is 57.7 Å². The van der Waals surface area contributed by atoms with Crippen LogP contribution in [0.25, 0.3) is 0 Å². The van der Waals surface area contributed by atoms with Crippen LogP contribution in [0.3, 0.4) is 0 Å². The molecule has 0 saturated carbocycles. The van der Waals surface area contributed by atoms with E-state index in [1.165, 1.54) is 30.8 Å². The smallest absolute Gasteiger partial charge is 0.0741 e. The Morgan fingerprint density at radius 1 is 1.36 bits per heavy atom. The van der Waals surface area contributed by atoms with Gasteiger partial charge < -0.3 is 10.4 Å². The Kier molecular flexibility index (Phi) is 4.74. The van der Waals surface area contributed by atoms with Crippen molar-refractivity contribution in [2.24, 2.45) is 0 Å². The maximum Gasteiger partial charge on any atom is 0.0741 e. The van der Waals surface area contributed by atoms with Crippen molar-refractivity contribution >= 4 is 11.8 Å². The fourth-order valence-corrected chi connectivity index (χ4v) is 2.65. The Hall–Kier alpha value is 0.270. The van der Waals surface area contributed by atoms with Crippen molar-refractivity contribution in [1.29, 1.82) is 0 Å². The highest BCUT2D eigenvalue weighted by Gasteiger charge is 2.24. The van der Waals surface area contributed by atoms with Crippen molar-refractivity contribution in [3.63, 3.8) is 0 Å². The Labute approximate surface area is 91.9 Å². The number of nitrogens with one attached hydrogen (secondary N) is 1. The first-order valence-corrected chi connectivity index (χ1v) is 6.72. The zero-order valence-electron chi connectivity index (χ0n) is 9.55. The zero-order valence-corrected chi connectivity index (χ0v) is 10.4. The molecule has 1 heterocycles. The maximum atomic E-state index is 9.82. The lowest BCUT2D eigenvalue weighted by molar-refractivity contribution is 0.0392. The molecule has 0 aromatic rings. The van der Waals surface area contributed by atoms with Gasteiger partial charge in [-0.2, -0.15) is 11.8 Å². The molecule has 1 aliphatic rings. The molecule has 0 amide bonds. The van der Waals surface area contributed by atoms with Crippen molar-refractivity contribution in [3.05, 3.63) is 0 Å². The minimum atomic E-state index is -0.612. The lowest BCUT2D eigenvalue weighted by atomic mass is 9.98. The van der Waals surface area contributed by atoms with E-state index in [0.29, 0.717) is 6.04 Å². The molecule has 0 aromatic heterocycles. The van der Waals surface area contributed by atoms with E-state index >= 15 is 0 Å². The molecule has 0 aromatic carbocycles. The molecule has 2 atom stereocenters. The summed E-state index contributed by atoms with van der Waals surface area (Å²) in [4.78, 5) is 0. The van der Waals surface area contributed by atoms with Gasteiger partial charge in [-0.3, -0.25) is 0 Å². The first-order chi connectivity index (χ1) is 6.50. The van der Waals surface area contributed by atoms with Gasteiger partial charge in [0.2, 0.25) is 0 Å². The molecule has 3 heteroatoms. The topological polar surface area (TPSA) is 32.3 Å². The third-order valence-corrected chi connectivity index (χ3v) is 4.10. The average molecular weight is 217 g/mol. The first kappa shape index (κ1) is 12.3. The molecule has 0 radical (unpaired) electrons. The lowest BCUT2D eigenvalue weighted by Crippen LogP contribution is -2.48.